The number of ether oxygens (including phenoxy) is 3. The molecule has 3 amide bonds. The van der Waals surface area contributed by atoms with Crippen LogP contribution in [0.1, 0.15) is 37.2 Å². The van der Waals surface area contributed by atoms with Crippen LogP contribution in [-0.4, -0.2) is 91.2 Å². The van der Waals surface area contributed by atoms with Gasteiger partial charge in [0, 0.05) is 44.1 Å². The van der Waals surface area contributed by atoms with E-state index in [0.717, 1.165) is 5.39 Å². The third-order valence-electron chi connectivity index (χ3n) is 5.56. The van der Waals surface area contributed by atoms with Crippen LogP contribution >= 0.6 is 0 Å². The number of amides is 3. The summed E-state index contributed by atoms with van der Waals surface area (Å²) in [6.07, 6.45) is 0.314. The molecular weight excluding hydrogens is 468 g/mol. The minimum Gasteiger partial charge on any atom is -0.493 e. The second-order valence-electron chi connectivity index (χ2n) is 8.03. The molecular formula is C25H32N4O7. The number of nitrogens with zero attached hydrogens (tertiary/aromatic N) is 3. The summed E-state index contributed by atoms with van der Waals surface area (Å²) in [4.78, 5) is 56.3. The summed E-state index contributed by atoms with van der Waals surface area (Å²) in [5.41, 5.74) is 0.695. The van der Waals surface area contributed by atoms with Crippen LogP contribution in [0.5, 0.6) is 5.75 Å². The Labute approximate surface area is 209 Å². The van der Waals surface area contributed by atoms with E-state index in [1.807, 2.05) is 12.1 Å². The van der Waals surface area contributed by atoms with Gasteiger partial charge in [0.1, 0.15) is 11.4 Å². The van der Waals surface area contributed by atoms with Crippen LogP contribution in [0.15, 0.2) is 30.3 Å². The fourth-order valence-corrected chi connectivity index (χ4v) is 3.72. The van der Waals surface area contributed by atoms with Gasteiger partial charge in [-0.15, -0.1) is 0 Å². The molecule has 1 saturated heterocycles. The lowest BCUT2D eigenvalue weighted by Gasteiger charge is -2.34. The molecule has 0 radical (unpaired) electrons. The summed E-state index contributed by atoms with van der Waals surface area (Å²) in [5, 5.41) is 3.36. The van der Waals surface area contributed by atoms with Crippen LogP contribution < -0.4 is 10.1 Å². The van der Waals surface area contributed by atoms with Crippen molar-refractivity contribution in [2.24, 2.45) is 0 Å². The summed E-state index contributed by atoms with van der Waals surface area (Å²) >= 11 is 0. The normalized spacial score (nSPS) is 13.3. The SMILES string of the molecule is CCOC(=O)CCCOc1cc(C(=O)NCC(=O)N2CCN(C(=O)OCC)CC2)nc2ccccc12. The molecule has 1 N–H and O–H groups in total. The van der Waals surface area contributed by atoms with Gasteiger partial charge in [0.2, 0.25) is 5.91 Å². The van der Waals surface area contributed by atoms with Gasteiger partial charge in [-0.1, -0.05) is 12.1 Å². The molecule has 0 saturated carbocycles. The number of benzene rings is 1. The number of hydrogen-bond donors (Lipinski definition) is 1. The molecule has 0 atom stereocenters. The quantitative estimate of drug-likeness (QED) is 0.388. The number of rotatable bonds is 10. The Morgan fingerprint density at radius 1 is 0.972 bits per heavy atom. The number of fused-ring (bicyclic) bond motifs is 1. The van der Waals surface area contributed by atoms with E-state index in [2.05, 4.69) is 10.3 Å². The summed E-state index contributed by atoms with van der Waals surface area (Å²) in [6, 6.07) is 8.79. The van der Waals surface area contributed by atoms with Gasteiger partial charge in [-0.2, -0.15) is 0 Å². The standard InChI is InChI=1S/C25H32N4O7/c1-3-34-23(31)10-7-15-36-21-16-20(27-19-9-6-5-8-18(19)21)24(32)26-17-22(30)28-11-13-29(14-12-28)25(33)35-4-2/h5-6,8-9,16H,3-4,7,10-15,17H2,1-2H3,(H,26,32). The summed E-state index contributed by atoms with van der Waals surface area (Å²) in [5.74, 6) is -0.567. The third kappa shape index (κ3) is 7.30. The Balaban J connectivity index is 1.56. The number of nitrogens with one attached hydrogen (secondary N) is 1. The molecule has 0 unspecified atom stereocenters. The first-order valence-electron chi connectivity index (χ1n) is 12.1. The van der Waals surface area contributed by atoms with Crippen molar-refractivity contribution < 1.29 is 33.4 Å². The van der Waals surface area contributed by atoms with E-state index in [1.54, 1.807) is 35.8 Å². The highest BCUT2D eigenvalue weighted by Crippen LogP contribution is 2.25. The first-order chi connectivity index (χ1) is 17.4. The number of para-hydroxylation sites is 1. The van der Waals surface area contributed by atoms with Gasteiger partial charge in [-0.25, -0.2) is 9.78 Å². The van der Waals surface area contributed by atoms with E-state index in [0.29, 0.717) is 57.1 Å². The van der Waals surface area contributed by atoms with E-state index in [-0.39, 0.29) is 43.2 Å². The van der Waals surface area contributed by atoms with E-state index in [4.69, 9.17) is 14.2 Å². The molecule has 194 valence electrons. The maximum Gasteiger partial charge on any atom is 0.409 e. The number of carbonyl (C=O) groups excluding carboxylic acids is 4. The number of piperazine rings is 1. The Kier molecular flexibility index (Phi) is 9.84. The Morgan fingerprint density at radius 2 is 1.67 bits per heavy atom. The summed E-state index contributed by atoms with van der Waals surface area (Å²) in [6.45, 7) is 5.69. The first-order valence-corrected chi connectivity index (χ1v) is 12.1. The zero-order valence-corrected chi connectivity index (χ0v) is 20.7. The molecule has 3 rings (SSSR count). The van der Waals surface area contributed by atoms with Crippen molar-refractivity contribution in [1.29, 1.82) is 0 Å². The van der Waals surface area contributed by atoms with Crippen molar-refractivity contribution in [2.45, 2.75) is 26.7 Å². The van der Waals surface area contributed by atoms with Crippen molar-refractivity contribution in [2.75, 3.05) is 52.5 Å². The average Bonchev–Trinajstić information content (AvgIpc) is 2.89. The van der Waals surface area contributed by atoms with Gasteiger partial charge in [0.05, 0.1) is 31.9 Å². The van der Waals surface area contributed by atoms with Gasteiger partial charge >= 0.3 is 12.1 Å². The van der Waals surface area contributed by atoms with E-state index >= 15 is 0 Å². The van der Waals surface area contributed by atoms with Crippen molar-refractivity contribution in [1.82, 2.24) is 20.1 Å². The second-order valence-corrected chi connectivity index (χ2v) is 8.03. The number of esters is 1. The molecule has 11 heteroatoms. The lowest BCUT2D eigenvalue weighted by Crippen LogP contribution is -2.52. The molecule has 1 fully saturated rings. The molecule has 11 nitrogen and oxygen atoms in total. The van der Waals surface area contributed by atoms with Crippen LogP contribution in [0, 0.1) is 0 Å². The van der Waals surface area contributed by atoms with Gasteiger partial charge in [0.25, 0.3) is 5.91 Å². The minimum absolute atomic E-state index is 0.119. The Hall–Kier alpha value is -3.89. The van der Waals surface area contributed by atoms with Crippen molar-refractivity contribution in [3.8, 4) is 5.75 Å². The van der Waals surface area contributed by atoms with Crippen molar-refractivity contribution >= 4 is 34.8 Å². The monoisotopic (exact) mass is 500 g/mol. The Bertz CT molecular complexity index is 1080. The highest BCUT2D eigenvalue weighted by Gasteiger charge is 2.25. The lowest BCUT2D eigenvalue weighted by atomic mass is 10.1. The molecule has 0 bridgehead atoms. The van der Waals surface area contributed by atoms with Crippen molar-refractivity contribution in [3.05, 3.63) is 36.0 Å². The van der Waals surface area contributed by atoms with Gasteiger partial charge in [-0.05, 0) is 32.4 Å². The van der Waals surface area contributed by atoms with Crippen LogP contribution in [0.3, 0.4) is 0 Å². The number of pyridine rings is 1. The number of carbonyl (C=O) groups is 4. The fourth-order valence-electron chi connectivity index (χ4n) is 3.72. The largest absolute Gasteiger partial charge is 0.493 e. The van der Waals surface area contributed by atoms with E-state index < -0.39 is 5.91 Å². The van der Waals surface area contributed by atoms with E-state index in [1.165, 1.54) is 6.07 Å². The first kappa shape index (κ1) is 26.7. The van der Waals surface area contributed by atoms with E-state index in [9.17, 15) is 19.2 Å². The van der Waals surface area contributed by atoms with Crippen LogP contribution in [0.4, 0.5) is 4.79 Å². The molecule has 1 aromatic carbocycles. The molecule has 2 heterocycles. The lowest BCUT2D eigenvalue weighted by molar-refractivity contribution is -0.143. The van der Waals surface area contributed by atoms with Gasteiger partial charge in [-0.3, -0.25) is 14.4 Å². The third-order valence-corrected chi connectivity index (χ3v) is 5.56. The minimum atomic E-state index is -0.504. The Morgan fingerprint density at radius 3 is 2.39 bits per heavy atom. The predicted octanol–water partition coefficient (Wildman–Crippen LogP) is 1.99. The molecule has 36 heavy (non-hydrogen) atoms. The molecule has 1 aromatic heterocycles. The molecule has 1 aliphatic rings. The zero-order valence-electron chi connectivity index (χ0n) is 20.7. The molecule has 0 aliphatic carbocycles. The number of aromatic nitrogens is 1. The molecule has 0 spiro atoms. The topological polar surface area (TPSA) is 127 Å². The highest BCUT2D eigenvalue weighted by molar-refractivity contribution is 5.98. The average molecular weight is 501 g/mol. The maximum absolute atomic E-state index is 12.8. The zero-order chi connectivity index (χ0) is 25.9. The molecule has 1 aliphatic heterocycles. The second kappa shape index (κ2) is 13.3. The van der Waals surface area contributed by atoms with Gasteiger partial charge < -0.3 is 29.3 Å². The maximum atomic E-state index is 12.8. The van der Waals surface area contributed by atoms with Crippen molar-refractivity contribution in [3.63, 3.8) is 0 Å². The van der Waals surface area contributed by atoms with Gasteiger partial charge in [0.15, 0.2) is 0 Å². The van der Waals surface area contributed by atoms with Crippen LogP contribution in [-0.2, 0) is 19.1 Å². The molecule has 2 aromatic rings. The van der Waals surface area contributed by atoms with Crippen LogP contribution in [0.25, 0.3) is 10.9 Å². The smallest absolute Gasteiger partial charge is 0.409 e. The van der Waals surface area contributed by atoms with Crippen LogP contribution in [0.2, 0.25) is 0 Å². The number of hydrogen-bond acceptors (Lipinski definition) is 8. The highest BCUT2D eigenvalue weighted by atomic mass is 16.6. The predicted molar refractivity (Wildman–Crippen MR) is 131 cm³/mol. The summed E-state index contributed by atoms with van der Waals surface area (Å²) < 4.78 is 15.8. The fraction of sp³-hybridized carbons (Fsp3) is 0.480. The summed E-state index contributed by atoms with van der Waals surface area (Å²) in [7, 11) is 0.